The molecule has 1 fully saturated rings. The van der Waals surface area contributed by atoms with Gasteiger partial charge in [-0.05, 0) is 32.9 Å². The Kier molecular flexibility index (Phi) is 5.36. The molecule has 0 aliphatic carbocycles. The number of nitrogens with zero attached hydrogens (tertiary/aromatic N) is 1. The quantitative estimate of drug-likeness (QED) is 0.714. The minimum Gasteiger partial charge on any atom is -0.480 e. The molecule has 17 heavy (non-hydrogen) atoms. The molecule has 1 rings (SSSR count). The highest BCUT2D eigenvalue weighted by molar-refractivity contribution is 5.78. The smallest absolute Gasteiger partial charge is 0.324 e. The monoisotopic (exact) mass is 244 g/mol. The number of carboxylic acid groups (broad SMARTS) is 1. The lowest BCUT2D eigenvalue weighted by Crippen LogP contribution is -2.58. The number of methoxy groups -OCH3 is 1. The summed E-state index contributed by atoms with van der Waals surface area (Å²) in [4.78, 5) is 13.5. The Morgan fingerprint density at radius 1 is 1.65 bits per heavy atom. The Morgan fingerprint density at radius 3 is 2.88 bits per heavy atom. The van der Waals surface area contributed by atoms with Gasteiger partial charge in [0.25, 0.3) is 0 Å². The molecule has 1 aliphatic rings. The Balaban J connectivity index is 2.57. The standard InChI is InChI=1S/C12H24N2O3/c1-4-13-12(2,11(15)16)9-14-7-5-6-10(8-14)17-3/h10,13H,4-9H2,1-3H3,(H,15,16). The molecule has 100 valence electrons. The highest BCUT2D eigenvalue weighted by Crippen LogP contribution is 2.16. The van der Waals surface area contributed by atoms with Gasteiger partial charge in [-0.25, -0.2) is 0 Å². The van der Waals surface area contributed by atoms with Crippen molar-refractivity contribution in [3.05, 3.63) is 0 Å². The number of aliphatic carboxylic acids is 1. The topological polar surface area (TPSA) is 61.8 Å². The van der Waals surface area contributed by atoms with Crippen LogP contribution in [-0.4, -0.2) is 60.9 Å². The number of likely N-dealkylation sites (tertiary alicyclic amines) is 1. The maximum Gasteiger partial charge on any atom is 0.324 e. The van der Waals surface area contributed by atoms with Crippen LogP contribution in [-0.2, 0) is 9.53 Å². The van der Waals surface area contributed by atoms with Crippen molar-refractivity contribution in [1.82, 2.24) is 10.2 Å². The Bertz CT molecular complexity index is 260. The summed E-state index contributed by atoms with van der Waals surface area (Å²) in [6.07, 6.45) is 2.38. The molecule has 1 saturated heterocycles. The number of carbonyl (C=O) groups is 1. The lowest BCUT2D eigenvalue weighted by atomic mass is 9.99. The van der Waals surface area contributed by atoms with Crippen molar-refractivity contribution < 1.29 is 14.6 Å². The third-order valence-electron chi connectivity index (χ3n) is 3.37. The van der Waals surface area contributed by atoms with Gasteiger partial charge in [0, 0.05) is 20.2 Å². The molecule has 1 heterocycles. The normalized spacial score (nSPS) is 25.5. The number of likely N-dealkylation sites (N-methyl/N-ethyl adjacent to an activating group) is 1. The van der Waals surface area contributed by atoms with Gasteiger partial charge in [0.15, 0.2) is 0 Å². The van der Waals surface area contributed by atoms with E-state index in [1.807, 2.05) is 6.92 Å². The zero-order valence-electron chi connectivity index (χ0n) is 11.0. The van der Waals surface area contributed by atoms with E-state index in [4.69, 9.17) is 4.74 Å². The molecule has 0 aromatic heterocycles. The number of nitrogens with one attached hydrogen (secondary N) is 1. The van der Waals surface area contributed by atoms with Crippen molar-refractivity contribution in [2.24, 2.45) is 0 Å². The van der Waals surface area contributed by atoms with Crippen molar-refractivity contribution in [3.63, 3.8) is 0 Å². The van der Waals surface area contributed by atoms with E-state index in [2.05, 4.69) is 10.2 Å². The molecule has 2 atom stereocenters. The molecule has 2 unspecified atom stereocenters. The van der Waals surface area contributed by atoms with Crippen LogP contribution in [0.1, 0.15) is 26.7 Å². The van der Waals surface area contributed by atoms with Crippen molar-refractivity contribution in [2.45, 2.75) is 38.3 Å². The molecule has 1 aliphatic heterocycles. The number of rotatable bonds is 6. The van der Waals surface area contributed by atoms with E-state index in [1.165, 1.54) is 0 Å². The van der Waals surface area contributed by atoms with E-state index in [9.17, 15) is 9.90 Å². The third kappa shape index (κ3) is 3.94. The second kappa shape index (κ2) is 6.33. The zero-order chi connectivity index (χ0) is 12.9. The van der Waals surface area contributed by atoms with Gasteiger partial charge in [-0.2, -0.15) is 0 Å². The molecule has 5 heteroatoms. The summed E-state index contributed by atoms with van der Waals surface area (Å²) in [5.41, 5.74) is -0.871. The lowest BCUT2D eigenvalue weighted by molar-refractivity contribution is -0.145. The van der Waals surface area contributed by atoms with Gasteiger partial charge in [0.1, 0.15) is 5.54 Å². The zero-order valence-corrected chi connectivity index (χ0v) is 11.0. The molecule has 0 aromatic rings. The number of carboxylic acids is 1. The van der Waals surface area contributed by atoms with E-state index in [-0.39, 0.29) is 6.10 Å². The third-order valence-corrected chi connectivity index (χ3v) is 3.37. The summed E-state index contributed by atoms with van der Waals surface area (Å²) in [7, 11) is 1.72. The van der Waals surface area contributed by atoms with E-state index in [0.717, 1.165) is 25.9 Å². The van der Waals surface area contributed by atoms with Gasteiger partial charge >= 0.3 is 5.97 Å². The van der Waals surface area contributed by atoms with Crippen LogP contribution in [0.15, 0.2) is 0 Å². The van der Waals surface area contributed by atoms with Gasteiger partial charge in [-0.3, -0.25) is 9.69 Å². The summed E-state index contributed by atoms with van der Waals surface area (Å²) in [6.45, 7) is 6.63. The first-order valence-corrected chi connectivity index (χ1v) is 6.25. The van der Waals surface area contributed by atoms with Crippen LogP contribution in [0.5, 0.6) is 0 Å². The highest BCUT2D eigenvalue weighted by Gasteiger charge is 2.35. The molecule has 2 N–H and O–H groups in total. The molecule has 5 nitrogen and oxygen atoms in total. The van der Waals surface area contributed by atoms with E-state index in [0.29, 0.717) is 13.1 Å². The number of piperidine rings is 1. The number of hydrogen-bond donors (Lipinski definition) is 2. The minimum absolute atomic E-state index is 0.239. The Hall–Kier alpha value is -0.650. The molecule has 0 saturated carbocycles. The maximum atomic E-state index is 11.3. The molecule has 0 spiro atoms. The van der Waals surface area contributed by atoms with Gasteiger partial charge in [0.05, 0.1) is 6.10 Å². The van der Waals surface area contributed by atoms with Crippen LogP contribution in [0.3, 0.4) is 0 Å². The van der Waals surface area contributed by atoms with E-state index in [1.54, 1.807) is 14.0 Å². The first-order chi connectivity index (χ1) is 8.01. The van der Waals surface area contributed by atoms with Crippen LogP contribution in [0, 0.1) is 0 Å². The second-order valence-electron chi connectivity index (χ2n) is 4.90. The van der Waals surface area contributed by atoms with Crippen LogP contribution in [0.4, 0.5) is 0 Å². The predicted molar refractivity (Wildman–Crippen MR) is 66.2 cm³/mol. The largest absolute Gasteiger partial charge is 0.480 e. The van der Waals surface area contributed by atoms with E-state index < -0.39 is 11.5 Å². The van der Waals surface area contributed by atoms with Crippen molar-refractivity contribution in [2.75, 3.05) is 33.3 Å². The van der Waals surface area contributed by atoms with Crippen LogP contribution in [0.25, 0.3) is 0 Å². The maximum absolute atomic E-state index is 11.3. The molecular weight excluding hydrogens is 220 g/mol. The summed E-state index contributed by atoms with van der Waals surface area (Å²) in [5.74, 6) is -0.793. The fourth-order valence-corrected chi connectivity index (χ4v) is 2.39. The molecule has 0 amide bonds. The fraction of sp³-hybridized carbons (Fsp3) is 0.917. The van der Waals surface area contributed by atoms with Gasteiger partial charge in [0.2, 0.25) is 0 Å². The second-order valence-corrected chi connectivity index (χ2v) is 4.90. The van der Waals surface area contributed by atoms with Crippen LogP contribution >= 0.6 is 0 Å². The van der Waals surface area contributed by atoms with Gasteiger partial charge in [-0.1, -0.05) is 6.92 Å². The Morgan fingerprint density at radius 2 is 2.35 bits per heavy atom. The molecule has 0 radical (unpaired) electrons. The van der Waals surface area contributed by atoms with Crippen molar-refractivity contribution in [1.29, 1.82) is 0 Å². The molecular formula is C12H24N2O3. The summed E-state index contributed by atoms with van der Waals surface area (Å²) in [5, 5.41) is 12.4. The van der Waals surface area contributed by atoms with Gasteiger partial charge < -0.3 is 15.2 Å². The lowest BCUT2D eigenvalue weighted by Gasteiger charge is -2.37. The highest BCUT2D eigenvalue weighted by atomic mass is 16.5. The van der Waals surface area contributed by atoms with Crippen molar-refractivity contribution >= 4 is 5.97 Å². The Labute approximate surface area is 103 Å². The SMILES string of the molecule is CCNC(C)(CN1CCCC(OC)C1)C(=O)O. The van der Waals surface area contributed by atoms with Crippen LogP contribution in [0.2, 0.25) is 0 Å². The number of ether oxygens (including phenoxy) is 1. The predicted octanol–water partition coefficient (Wildman–Crippen LogP) is 0.550. The summed E-state index contributed by atoms with van der Waals surface area (Å²) in [6, 6.07) is 0. The average molecular weight is 244 g/mol. The average Bonchev–Trinajstić information content (AvgIpc) is 2.29. The first-order valence-electron chi connectivity index (χ1n) is 6.25. The van der Waals surface area contributed by atoms with E-state index >= 15 is 0 Å². The molecule has 0 aromatic carbocycles. The number of hydrogen-bond acceptors (Lipinski definition) is 4. The molecule has 0 bridgehead atoms. The van der Waals surface area contributed by atoms with Crippen molar-refractivity contribution in [3.8, 4) is 0 Å². The summed E-state index contributed by atoms with van der Waals surface area (Å²) >= 11 is 0. The fourth-order valence-electron chi connectivity index (χ4n) is 2.39. The first kappa shape index (κ1) is 14.4. The van der Waals surface area contributed by atoms with Crippen LogP contribution < -0.4 is 5.32 Å². The van der Waals surface area contributed by atoms with Gasteiger partial charge in [-0.15, -0.1) is 0 Å². The summed E-state index contributed by atoms with van der Waals surface area (Å²) < 4.78 is 5.35. The minimum atomic E-state index is -0.871.